The molecule has 1 rings (SSSR count). The van der Waals surface area contributed by atoms with E-state index in [4.69, 9.17) is 4.42 Å². The van der Waals surface area contributed by atoms with Gasteiger partial charge < -0.3 is 9.73 Å². The van der Waals surface area contributed by atoms with E-state index >= 15 is 0 Å². The zero-order chi connectivity index (χ0) is 10.8. The molecule has 0 spiro atoms. The van der Waals surface area contributed by atoms with Crippen molar-refractivity contribution in [2.45, 2.75) is 40.7 Å². The van der Waals surface area contributed by atoms with Gasteiger partial charge in [-0.25, -0.2) is 4.98 Å². The third-order valence-corrected chi connectivity index (χ3v) is 1.95. The lowest BCUT2D eigenvalue weighted by atomic mass is 9.97. The van der Waals surface area contributed by atoms with Gasteiger partial charge in [-0.1, -0.05) is 20.8 Å². The smallest absolute Gasteiger partial charge is 0.211 e. The highest BCUT2D eigenvalue weighted by Gasteiger charge is 2.15. The summed E-state index contributed by atoms with van der Waals surface area (Å²) >= 11 is 0. The topological polar surface area (TPSA) is 38.1 Å². The minimum atomic E-state index is 0.183. The summed E-state index contributed by atoms with van der Waals surface area (Å²) in [4.78, 5) is 4.19. The molecule has 0 aliphatic rings. The zero-order valence-corrected chi connectivity index (χ0v) is 9.72. The number of oxazole rings is 1. The van der Waals surface area contributed by atoms with Gasteiger partial charge in [0.05, 0.1) is 12.2 Å². The number of nitrogens with zero attached hydrogens (tertiary/aromatic N) is 1. The largest absolute Gasteiger partial charge is 0.444 e. The van der Waals surface area contributed by atoms with E-state index in [1.165, 1.54) is 0 Å². The third-order valence-electron chi connectivity index (χ3n) is 1.95. The standard InChI is InChI=1S/C11H20N2O/c1-8-6-12-10(14-8)9(2)13-7-11(3,4)5/h6,9,13H,7H2,1-5H3. The molecule has 1 unspecified atom stereocenters. The van der Waals surface area contributed by atoms with Crippen LogP contribution >= 0.6 is 0 Å². The predicted octanol–water partition coefficient (Wildman–Crippen LogP) is 2.68. The molecule has 1 aromatic heterocycles. The van der Waals surface area contributed by atoms with Crippen LogP contribution in [0.3, 0.4) is 0 Å². The van der Waals surface area contributed by atoms with Crippen molar-refractivity contribution in [1.82, 2.24) is 10.3 Å². The Morgan fingerprint density at radius 3 is 2.57 bits per heavy atom. The fraction of sp³-hybridized carbons (Fsp3) is 0.727. The van der Waals surface area contributed by atoms with Crippen molar-refractivity contribution in [3.05, 3.63) is 17.8 Å². The number of hydrogen-bond donors (Lipinski definition) is 1. The lowest BCUT2D eigenvalue weighted by Gasteiger charge is -2.21. The molecule has 3 heteroatoms. The molecule has 0 saturated heterocycles. The van der Waals surface area contributed by atoms with E-state index in [1.54, 1.807) is 6.20 Å². The molecule has 0 aromatic carbocycles. The third kappa shape index (κ3) is 3.50. The van der Waals surface area contributed by atoms with Crippen LogP contribution in [0.15, 0.2) is 10.6 Å². The first-order chi connectivity index (χ1) is 6.38. The van der Waals surface area contributed by atoms with E-state index in [0.29, 0.717) is 0 Å². The molecule has 0 aliphatic heterocycles. The molecule has 1 aromatic rings. The lowest BCUT2D eigenvalue weighted by Crippen LogP contribution is -2.29. The Kier molecular flexibility index (Phi) is 3.32. The quantitative estimate of drug-likeness (QED) is 0.807. The Morgan fingerprint density at radius 2 is 2.14 bits per heavy atom. The summed E-state index contributed by atoms with van der Waals surface area (Å²) in [5.41, 5.74) is 0.288. The van der Waals surface area contributed by atoms with Crippen LogP contribution in [0.4, 0.5) is 0 Å². The maximum atomic E-state index is 5.44. The van der Waals surface area contributed by atoms with Crippen molar-refractivity contribution in [2.75, 3.05) is 6.54 Å². The second-order valence-electron chi connectivity index (χ2n) is 4.97. The Labute approximate surface area is 85.9 Å². The SMILES string of the molecule is Cc1cnc(C(C)NCC(C)(C)C)o1. The summed E-state index contributed by atoms with van der Waals surface area (Å²) in [5, 5.41) is 3.40. The molecule has 0 bridgehead atoms. The summed E-state index contributed by atoms with van der Waals surface area (Å²) in [7, 11) is 0. The lowest BCUT2D eigenvalue weighted by molar-refractivity contribution is 0.330. The van der Waals surface area contributed by atoms with Gasteiger partial charge >= 0.3 is 0 Å². The van der Waals surface area contributed by atoms with Crippen LogP contribution in [0.2, 0.25) is 0 Å². The predicted molar refractivity (Wildman–Crippen MR) is 57.1 cm³/mol. The van der Waals surface area contributed by atoms with Crippen molar-refractivity contribution >= 4 is 0 Å². The van der Waals surface area contributed by atoms with E-state index in [-0.39, 0.29) is 11.5 Å². The Balaban J connectivity index is 2.47. The van der Waals surface area contributed by atoms with Crippen LogP contribution in [0, 0.1) is 12.3 Å². The second kappa shape index (κ2) is 4.13. The summed E-state index contributed by atoms with van der Waals surface area (Å²) in [6.07, 6.45) is 1.75. The van der Waals surface area contributed by atoms with E-state index in [2.05, 4.69) is 38.0 Å². The molecule has 0 aliphatic carbocycles. The van der Waals surface area contributed by atoms with Crippen LogP contribution in [0.25, 0.3) is 0 Å². The van der Waals surface area contributed by atoms with Crippen LogP contribution in [-0.2, 0) is 0 Å². The van der Waals surface area contributed by atoms with E-state index in [1.807, 2.05) is 6.92 Å². The summed E-state index contributed by atoms with van der Waals surface area (Å²) in [6, 6.07) is 0.183. The van der Waals surface area contributed by atoms with Crippen molar-refractivity contribution < 1.29 is 4.42 Å². The molecule has 0 fully saturated rings. The summed E-state index contributed by atoms with van der Waals surface area (Å²) in [5.74, 6) is 1.64. The molecule has 14 heavy (non-hydrogen) atoms. The molecule has 80 valence electrons. The van der Waals surface area contributed by atoms with Gasteiger partial charge in [0.15, 0.2) is 0 Å². The van der Waals surface area contributed by atoms with Gasteiger partial charge in [0, 0.05) is 6.54 Å². The minimum Gasteiger partial charge on any atom is -0.444 e. The highest BCUT2D eigenvalue weighted by atomic mass is 16.4. The summed E-state index contributed by atoms with van der Waals surface area (Å²) < 4.78 is 5.44. The average molecular weight is 196 g/mol. The van der Waals surface area contributed by atoms with Crippen LogP contribution in [0.1, 0.15) is 45.4 Å². The zero-order valence-electron chi connectivity index (χ0n) is 9.72. The second-order valence-corrected chi connectivity index (χ2v) is 4.97. The first kappa shape index (κ1) is 11.2. The first-order valence-electron chi connectivity index (χ1n) is 5.04. The van der Waals surface area contributed by atoms with Crippen molar-refractivity contribution in [1.29, 1.82) is 0 Å². The van der Waals surface area contributed by atoms with Gasteiger partial charge in [0.2, 0.25) is 5.89 Å². The Morgan fingerprint density at radius 1 is 1.50 bits per heavy atom. The Hall–Kier alpha value is -0.830. The van der Waals surface area contributed by atoms with Gasteiger partial charge in [-0.2, -0.15) is 0 Å². The van der Waals surface area contributed by atoms with Gasteiger partial charge in [-0.05, 0) is 19.3 Å². The maximum absolute atomic E-state index is 5.44. The fourth-order valence-corrected chi connectivity index (χ4v) is 1.12. The van der Waals surface area contributed by atoms with Crippen molar-refractivity contribution in [2.24, 2.45) is 5.41 Å². The molecule has 3 nitrogen and oxygen atoms in total. The minimum absolute atomic E-state index is 0.183. The number of rotatable bonds is 3. The number of nitrogens with one attached hydrogen (secondary N) is 1. The number of aryl methyl sites for hydroxylation is 1. The molecule has 1 heterocycles. The van der Waals surface area contributed by atoms with E-state index < -0.39 is 0 Å². The normalized spacial score (nSPS) is 14.4. The Bertz CT molecular complexity index is 286. The first-order valence-corrected chi connectivity index (χ1v) is 5.04. The van der Waals surface area contributed by atoms with Crippen LogP contribution in [0.5, 0.6) is 0 Å². The molecule has 0 amide bonds. The van der Waals surface area contributed by atoms with Crippen molar-refractivity contribution in [3.63, 3.8) is 0 Å². The molecule has 1 atom stereocenters. The van der Waals surface area contributed by atoms with Gasteiger partial charge in [0.25, 0.3) is 0 Å². The van der Waals surface area contributed by atoms with Gasteiger partial charge in [-0.15, -0.1) is 0 Å². The molecular weight excluding hydrogens is 176 g/mol. The van der Waals surface area contributed by atoms with E-state index in [0.717, 1.165) is 18.2 Å². The molecule has 1 N–H and O–H groups in total. The van der Waals surface area contributed by atoms with E-state index in [9.17, 15) is 0 Å². The molecule has 0 saturated carbocycles. The van der Waals surface area contributed by atoms with Crippen LogP contribution < -0.4 is 5.32 Å². The molecule has 0 radical (unpaired) electrons. The highest BCUT2D eigenvalue weighted by Crippen LogP contribution is 2.16. The monoisotopic (exact) mass is 196 g/mol. The van der Waals surface area contributed by atoms with Gasteiger partial charge in [-0.3, -0.25) is 0 Å². The van der Waals surface area contributed by atoms with Crippen molar-refractivity contribution in [3.8, 4) is 0 Å². The number of aromatic nitrogens is 1. The molecular formula is C11H20N2O. The summed E-state index contributed by atoms with van der Waals surface area (Å²) in [6.45, 7) is 11.5. The fourth-order valence-electron chi connectivity index (χ4n) is 1.12. The van der Waals surface area contributed by atoms with Crippen LogP contribution in [-0.4, -0.2) is 11.5 Å². The maximum Gasteiger partial charge on any atom is 0.211 e. The number of hydrogen-bond acceptors (Lipinski definition) is 3. The highest BCUT2D eigenvalue weighted by molar-refractivity contribution is 4.95. The van der Waals surface area contributed by atoms with Gasteiger partial charge in [0.1, 0.15) is 5.76 Å². The average Bonchev–Trinajstić information content (AvgIpc) is 2.46.